The predicted octanol–water partition coefficient (Wildman–Crippen LogP) is 2.62. The second-order valence-electron chi connectivity index (χ2n) is 4.03. The first-order valence-corrected chi connectivity index (χ1v) is 6.77. The lowest BCUT2D eigenvalue weighted by molar-refractivity contribution is -0.385. The molecule has 20 heavy (non-hydrogen) atoms. The zero-order chi connectivity index (χ0) is 15.0. The molecular formula is C13H17BrN2O4. The Morgan fingerprint density at radius 3 is 2.90 bits per heavy atom. The average Bonchev–Trinajstić information content (AvgIpc) is 2.41. The van der Waals surface area contributed by atoms with Crippen LogP contribution in [0.5, 0.6) is 5.75 Å². The molecular weight excluding hydrogens is 328 g/mol. The third-order valence-corrected chi connectivity index (χ3v) is 2.65. The van der Waals surface area contributed by atoms with Gasteiger partial charge in [-0.2, -0.15) is 0 Å². The van der Waals surface area contributed by atoms with Crippen LogP contribution in [0.4, 0.5) is 5.69 Å². The number of hydrogen-bond acceptors (Lipinski definition) is 5. The number of ether oxygens (including phenoxy) is 2. The van der Waals surface area contributed by atoms with Crippen LogP contribution < -0.4 is 10.1 Å². The molecule has 0 aliphatic carbocycles. The molecule has 1 N–H and O–H groups in total. The molecule has 0 saturated carbocycles. The number of halogens is 1. The van der Waals surface area contributed by atoms with Gasteiger partial charge in [0.15, 0.2) is 5.75 Å². The van der Waals surface area contributed by atoms with E-state index in [1.807, 2.05) is 0 Å². The second kappa shape index (κ2) is 8.68. The standard InChI is InChI=1S/C13H17BrN2O4/c1-10(14)9-20-13-7-11(8-15-5-6-19-2)3-4-12(13)16(17)18/h3-4,7,15H,1,5-6,8-9H2,2H3. The number of hydrogen-bond donors (Lipinski definition) is 1. The van der Waals surface area contributed by atoms with E-state index in [1.165, 1.54) is 6.07 Å². The van der Waals surface area contributed by atoms with Crippen molar-refractivity contribution >= 4 is 21.6 Å². The fraction of sp³-hybridized carbons (Fsp3) is 0.385. The molecule has 0 unspecified atom stereocenters. The highest BCUT2D eigenvalue weighted by atomic mass is 79.9. The Labute approximate surface area is 126 Å². The number of nitro groups is 1. The van der Waals surface area contributed by atoms with Gasteiger partial charge in [0.1, 0.15) is 6.61 Å². The normalized spacial score (nSPS) is 10.3. The fourth-order valence-electron chi connectivity index (χ4n) is 1.50. The van der Waals surface area contributed by atoms with E-state index in [4.69, 9.17) is 9.47 Å². The van der Waals surface area contributed by atoms with E-state index in [-0.39, 0.29) is 18.0 Å². The number of nitro benzene ring substituents is 1. The molecule has 0 radical (unpaired) electrons. The van der Waals surface area contributed by atoms with Gasteiger partial charge in [0.25, 0.3) is 0 Å². The highest BCUT2D eigenvalue weighted by molar-refractivity contribution is 9.11. The quantitative estimate of drug-likeness (QED) is 0.423. The molecule has 1 rings (SSSR count). The number of benzene rings is 1. The Hall–Kier alpha value is -1.44. The SMILES string of the molecule is C=C(Br)COc1cc(CNCCOC)ccc1[N+](=O)[O-]. The van der Waals surface area contributed by atoms with Crippen molar-refractivity contribution in [2.24, 2.45) is 0 Å². The van der Waals surface area contributed by atoms with Crippen molar-refractivity contribution in [2.45, 2.75) is 6.54 Å². The number of nitrogens with zero attached hydrogens (tertiary/aromatic N) is 1. The van der Waals surface area contributed by atoms with Gasteiger partial charge in [0.2, 0.25) is 0 Å². The summed E-state index contributed by atoms with van der Waals surface area (Å²) in [6.07, 6.45) is 0. The van der Waals surface area contributed by atoms with Crippen molar-refractivity contribution in [1.29, 1.82) is 0 Å². The van der Waals surface area contributed by atoms with Crippen molar-refractivity contribution in [3.8, 4) is 5.75 Å². The van der Waals surface area contributed by atoms with E-state index in [0.29, 0.717) is 24.2 Å². The highest BCUT2D eigenvalue weighted by Crippen LogP contribution is 2.28. The van der Waals surface area contributed by atoms with Crippen molar-refractivity contribution in [1.82, 2.24) is 5.32 Å². The number of nitrogens with one attached hydrogen (secondary N) is 1. The Balaban J connectivity index is 2.75. The summed E-state index contributed by atoms with van der Waals surface area (Å²) in [5.41, 5.74) is 0.848. The van der Waals surface area contributed by atoms with E-state index in [2.05, 4.69) is 27.8 Å². The smallest absolute Gasteiger partial charge is 0.310 e. The van der Waals surface area contributed by atoms with Crippen molar-refractivity contribution in [3.63, 3.8) is 0 Å². The topological polar surface area (TPSA) is 73.6 Å². The third kappa shape index (κ3) is 5.68. The summed E-state index contributed by atoms with van der Waals surface area (Å²) in [5.74, 6) is 0.238. The lowest BCUT2D eigenvalue weighted by Crippen LogP contribution is -2.18. The zero-order valence-corrected chi connectivity index (χ0v) is 12.8. The zero-order valence-electron chi connectivity index (χ0n) is 11.2. The maximum absolute atomic E-state index is 10.9. The van der Waals surface area contributed by atoms with Crippen LogP contribution in [0.25, 0.3) is 0 Å². The molecule has 1 aromatic carbocycles. The summed E-state index contributed by atoms with van der Waals surface area (Å²) in [6, 6.07) is 4.81. The van der Waals surface area contributed by atoms with Gasteiger partial charge in [0, 0.05) is 30.7 Å². The highest BCUT2D eigenvalue weighted by Gasteiger charge is 2.15. The van der Waals surface area contributed by atoms with Crippen LogP contribution in [-0.2, 0) is 11.3 Å². The lowest BCUT2D eigenvalue weighted by Gasteiger charge is -2.09. The van der Waals surface area contributed by atoms with E-state index in [9.17, 15) is 10.1 Å². The molecule has 0 amide bonds. The average molecular weight is 345 g/mol. The maximum atomic E-state index is 10.9. The molecule has 0 saturated heterocycles. The Bertz CT molecular complexity index is 479. The van der Waals surface area contributed by atoms with Crippen LogP contribution >= 0.6 is 15.9 Å². The van der Waals surface area contributed by atoms with Gasteiger partial charge in [0.05, 0.1) is 11.5 Å². The Kier molecular flexibility index (Phi) is 7.21. The summed E-state index contributed by atoms with van der Waals surface area (Å²) < 4.78 is 10.9. The minimum Gasteiger partial charge on any atom is -0.481 e. The van der Waals surface area contributed by atoms with E-state index >= 15 is 0 Å². The summed E-state index contributed by atoms with van der Waals surface area (Å²) in [5, 5.41) is 14.1. The van der Waals surface area contributed by atoms with Gasteiger partial charge < -0.3 is 14.8 Å². The second-order valence-corrected chi connectivity index (χ2v) is 5.16. The van der Waals surface area contributed by atoms with E-state index in [1.54, 1.807) is 19.2 Å². The van der Waals surface area contributed by atoms with Crippen LogP contribution in [-0.4, -0.2) is 31.8 Å². The largest absolute Gasteiger partial charge is 0.481 e. The summed E-state index contributed by atoms with van der Waals surface area (Å²) in [4.78, 5) is 10.5. The summed E-state index contributed by atoms with van der Waals surface area (Å²) >= 11 is 3.16. The number of methoxy groups -OCH3 is 1. The molecule has 0 aliphatic heterocycles. The molecule has 0 fully saturated rings. The van der Waals surface area contributed by atoms with Crippen molar-refractivity contribution in [3.05, 3.63) is 44.9 Å². The molecule has 0 bridgehead atoms. The molecule has 0 atom stereocenters. The first-order chi connectivity index (χ1) is 9.54. The molecule has 6 nitrogen and oxygen atoms in total. The molecule has 1 aromatic rings. The number of rotatable bonds is 9. The first kappa shape index (κ1) is 16.6. The van der Waals surface area contributed by atoms with E-state index in [0.717, 1.165) is 5.56 Å². The van der Waals surface area contributed by atoms with Crippen LogP contribution in [0.3, 0.4) is 0 Å². The third-order valence-electron chi connectivity index (χ3n) is 2.42. The first-order valence-electron chi connectivity index (χ1n) is 5.97. The van der Waals surface area contributed by atoms with Crippen molar-refractivity contribution in [2.75, 3.05) is 26.9 Å². The molecule has 0 aliphatic rings. The van der Waals surface area contributed by atoms with Crippen LogP contribution in [0.1, 0.15) is 5.56 Å². The van der Waals surface area contributed by atoms with Gasteiger partial charge in [-0.1, -0.05) is 28.6 Å². The van der Waals surface area contributed by atoms with Gasteiger partial charge in [-0.3, -0.25) is 10.1 Å². The maximum Gasteiger partial charge on any atom is 0.310 e. The van der Waals surface area contributed by atoms with Crippen molar-refractivity contribution < 1.29 is 14.4 Å². The van der Waals surface area contributed by atoms with Crippen LogP contribution in [0, 0.1) is 10.1 Å². The molecule has 7 heteroatoms. The van der Waals surface area contributed by atoms with Gasteiger partial charge in [-0.25, -0.2) is 0 Å². The Morgan fingerprint density at radius 1 is 1.55 bits per heavy atom. The molecule has 0 spiro atoms. The molecule has 0 heterocycles. The minimum atomic E-state index is -0.464. The minimum absolute atomic E-state index is 0.0561. The van der Waals surface area contributed by atoms with Crippen LogP contribution in [0.15, 0.2) is 29.3 Å². The summed E-state index contributed by atoms with van der Waals surface area (Å²) in [7, 11) is 1.63. The monoisotopic (exact) mass is 344 g/mol. The Morgan fingerprint density at radius 2 is 2.30 bits per heavy atom. The fourth-order valence-corrected chi connectivity index (χ4v) is 1.61. The van der Waals surface area contributed by atoms with E-state index < -0.39 is 4.92 Å². The molecule has 110 valence electrons. The van der Waals surface area contributed by atoms with Gasteiger partial charge in [-0.15, -0.1) is 0 Å². The van der Waals surface area contributed by atoms with Crippen LogP contribution in [0.2, 0.25) is 0 Å². The predicted molar refractivity (Wildman–Crippen MR) is 80.2 cm³/mol. The van der Waals surface area contributed by atoms with Gasteiger partial charge in [-0.05, 0) is 11.6 Å². The lowest BCUT2D eigenvalue weighted by atomic mass is 10.2. The summed E-state index contributed by atoms with van der Waals surface area (Å²) in [6.45, 7) is 5.73. The van der Waals surface area contributed by atoms with Gasteiger partial charge >= 0.3 is 5.69 Å². The molecule has 0 aromatic heterocycles.